The molecule has 8 heteroatoms. The number of H-pyrrole nitrogens is 1. The number of carbonyl (C=O) groups is 2. The molecule has 0 bridgehead atoms. The fraction of sp³-hybridized carbons (Fsp3) is 0.320. The maximum atomic E-state index is 13.0. The first-order valence-electron chi connectivity index (χ1n) is 11.2. The molecule has 4 heterocycles. The summed E-state index contributed by atoms with van der Waals surface area (Å²) >= 11 is 0. The maximum Gasteiger partial charge on any atom is 0.254 e. The van der Waals surface area contributed by atoms with Crippen molar-refractivity contribution < 1.29 is 9.59 Å². The number of benzene rings is 1. The lowest BCUT2D eigenvalue weighted by molar-refractivity contribution is -0.131. The summed E-state index contributed by atoms with van der Waals surface area (Å²) in [7, 11) is 0. The lowest BCUT2D eigenvalue weighted by Gasteiger charge is -2.29. The molecule has 0 radical (unpaired) electrons. The van der Waals surface area contributed by atoms with E-state index >= 15 is 0 Å². The molecule has 0 saturated carbocycles. The van der Waals surface area contributed by atoms with E-state index in [2.05, 4.69) is 9.97 Å². The van der Waals surface area contributed by atoms with Gasteiger partial charge in [-0.05, 0) is 37.0 Å². The van der Waals surface area contributed by atoms with Crippen LogP contribution in [0.4, 0.5) is 0 Å². The van der Waals surface area contributed by atoms with Crippen molar-refractivity contribution in [3.63, 3.8) is 0 Å². The molecule has 1 fully saturated rings. The van der Waals surface area contributed by atoms with Gasteiger partial charge in [0.15, 0.2) is 0 Å². The number of pyridine rings is 1. The second-order valence-electron chi connectivity index (χ2n) is 8.50. The summed E-state index contributed by atoms with van der Waals surface area (Å²) in [4.78, 5) is 53.9. The smallest absolute Gasteiger partial charge is 0.254 e. The highest BCUT2D eigenvalue weighted by Gasteiger charge is 2.33. The molecular formula is C25H25N5O3. The highest BCUT2D eigenvalue weighted by Crippen LogP contribution is 2.31. The molecule has 1 saturated heterocycles. The van der Waals surface area contributed by atoms with Gasteiger partial charge in [0.25, 0.3) is 11.5 Å². The molecular weight excluding hydrogens is 418 g/mol. The number of aromatic amines is 1. The van der Waals surface area contributed by atoms with E-state index in [0.717, 1.165) is 18.4 Å². The third-order valence-corrected chi connectivity index (χ3v) is 6.39. The van der Waals surface area contributed by atoms with Gasteiger partial charge >= 0.3 is 0 Å². The van der Waals surface area contributed by atoms with Gasteiger partial charge in [0.1, 0.15) is 5.82 Å². The number of aromatic nitrogens is 3. The molecule has 168 valence electrons. The van der Waals surface area contributed by atoms with Crippen LogP contribution in [0.1, 0.15) is 51.9 Å². The summed E-state index contributed by atoms with van der Waals surface area (Å²) in [6.45, 7) is 1.38. The lowest BCUT2D eigenvalue weighted by Crippen LogP contribution is -2.40. The average molecular weight is 444 g/mol. The van der Waals surface area contributed by atoms with E-state index in [1.165, 1.54) is 0 Å². The zero-order chi connectivity index (χ0) is 22.8. The molecule has 0 unspecified atom stereocenters. The minimum absolute atomic E-state index is 0.0264. The van der Waals surface area contributed by atoms with Gasteiger partial charge in [0.2, 0.25) is 5.91 Å². The minimum atomic E-state index is -0.259. The van der Waals surface area contributed by atoms with Crippen molar-refractivity contribution in [1.29, 1.82) is 0 Å². The zero-order valence-electron chi connectivity index (χ0n) is 18.2. The second-order valence-corrected chi connectivity index (χ2v) is 8.50. The molecule has 2 aromatic heterocycles. The van der Waals surface area contributed by atoms with E-state index in [1.54, 1.807) is 29.4 Å². The van der Waals surface area contributed by atoms with E-state index in [9.17, 15) is 14.4 Å². The van der Waals surface area contributed by atoms with Gasteiger partial charge in [-0.3, -0.25) is 19.4 Å². The summed E-state index contributed by atoms with van der Waals surface area (Å²) in [5.41, 5.74) is 2.59. The Morgan fingerprint density at radius 1 is 1.06 bits per heavy atom. The van der Waals surface area contributed by atoms with Gasteiger partial charge in [-0.1, -0.05) is 30.3 Å². The van der Waals surface area contributed by atoms with E-state index in [0.29, 0.717) is 48.6 Å². The normalized spacial score (nSPS) is 17.6. The highest BCUT2D eigenvalue weighted by molar-refractivity contribution is 5.94. The van der Waals surface area contributed by atoms with Crippen LogP contribution in [-0.2, 0) is 24.2 Å². The Kier molecular flexibility index (Phi) is 5.73. The first-order chi connectivity index (χ1) is 16.1. The molecule has 2 aliphatic rings. The molecule has 5 rings (SSSR count). The van der Waals surface area contributed by atoms with Crippen LogP contribution >= 0.6 is 0 Å². The van der Waals surface area contributed by atoms with Crippen LogP contribution in [0.3, 0.4) is 0 Å². The number of rotatable bonds is 4. The van der Waals surface area contributed by atoms with Crippen LogP contribution < -0.4 is 5.56 Å². The standard InChI is InChI=1S/C25H25N5O3/c31-22(15-17-5-2-1-3-6-17)30-13-4-7-21(30)23-27-20-16-29(14-10-19(20)24(32)28-23)25(33)18-8-11-26-12-9-18/h1-3,5-6,8-9,11-12,21H,4,7,10,13-16H2,(H,27,28,32)/t21-/m0/s1. The molecule has 0 spiro atoms. The highest BCUT2D eigenvalue weighted by atomic mass is 16.2. The van der Waals surface area contributed by atoms with Crippen LogP contribution in [0.15, 0.2) is 59.7 Å². The Balaban J connectivity index is 1.38. The molecule has 1 N–H and O–H groups in total. The van der Waals surface area contributed by atoms with E-state index in [4.69, 9.17) is 4.98 Å². The Morgan fingerprint density at radius 3 is 2.64 bits per heavy atom. The van der Waals surface area contributed by atoms with Crippen molar-refractivity contribution in [1.82, 2.24) is 24.8 Å². The molecule has 2 aliphatic heterocycles. The summed E-state index contributed by atoms with van der Waals surface area (Å²) in [6.07, 6.45) is 5.57. The number of nitrogens with zero attached hydrogens (tertiary/aromatic N) is 4. The monoisotopic (exact) mass is 443 g/mol. The topological polar surface area (TPSA) is 99.3 Å². The fourth-order valence-corrected chi connectivity index (χ4v) is 4.69. The number of amides is 2. The number of hydrogen-bond donors (Lipinski definition) is 1. The minimum Gasteiger partial charge on any atom is -0.332 e. The third kappa shape index (κ3) is 4.28. The first kappa shape index (κ1) is 21.1. The van der Waals surface area contributed by atoms with Gasteiger partial charge in [-0.15, -0.1) is 0 Å². The molecule has 2 amide bonds. The number of carbonyl (C=O) groups excluding carboxylic acids is 2. The first-order valence-corrected chi connectivity index (χ1v) is 11.2. The van der Waals surface area contributed by atoms with Crippen molar-refractivity contribution >= 4 is 11.8 Å². The van der Waals surface area contributed by atoms with Crippen LogP contribution in [0.25, 0.3) is 0 Å². The van der Waals surface area contributed by atoms with Crippen LogP contribution in [0, 0.1) is 0 Å². The van der Waals surface area contributed by atoms with Crippen LogP contribution in [-0.4, -0.2) is 49.7 Å². The molecule has 3 aromatic rings. The van der Waals surface area contributed by atoms with E-state index in [-0.39, 0.29) is 30.0 Å². The fourth-order valence-electron chi connectivity index (χ4n) is 4.69. The molecule has 0 aliphatic carbocycles. The Bertz CT molecular complexity index is 1230. The van der Waals surface area contributed by atoms with Crippen molar-refractivity contribution in [2.45, 2.75) is 38.3 Å². The van der Waals surface area contributed by atoms with Crippen molar-refractivity contribution in [2.75, 3.05) is 13.1 Å². The van der Waals surface area contributed by atoms with Gasteiger partial charge in [0.05, 0.1) is 24.7 Å². The number of hydrogen-bond acceptors (Lipinski definition) is 5. The number of nitrogens with one attached hydrogen (secondary N) is 1. The summed E-state index contributed by atoms with van der Waals surface area (Å²) in [5.74, 6) is 0.432. The maximum absolute atomic E-state index is 13.0. The van der Waals surface area contributed by atoms with Crippen molar-refractivity contribution in [3.05, 3.63) is 93.4 Å². The lowest BCUT2D eigenvalue weighted by atomic mass is 10.0. The molecule has 1 atom stereocenters. The van der Waals surface area contributed by atoms with E-state index in [1.807, 2.05) is 35.2 Å². The predicted octanol–water partition coefficient (Wildman–Crippen LogP) is 2.27. The predicted molar refractivity (Wildman–Crippen MR) is 121 cm³/mol. The zero-order valence-corrected chi connectivity index (χ0v) is 18.2. The van der Waals surface area contributed by atoms with Gasteiger partial charge in [-0.25, -0.2) is 4.98 Å². The third-order valence-electron chi connectivity index (χ3n) is 6.39. The molecule has 33 heavy (non-hydrogen) atoms. The quantitative estimate of drug-likeness (QED) is 0.667. The van der Waals surface area contributed by atoms with Gasteiger partial charge in [-0.2, -0.15) is 0 Å². The average Bonchev–Trinajstić information content (AvgIpc) is 3.35. The SMILES string of the molecule is O=C(c1ccncc1)N1CCc2c(nc([C@@H]3CCCN3C(=O)Cc3ccccc3)[nH]c2=O)C1. The second kappa shape index (κ2) is 8.97. The Hall–Kier alpha value is -3.81. The summed E-state index contributed by atoms with van der Waals surface area (Å²) in [6, 6.07) is 12.8. The van der Waals surface area contributed by atoms with E-state index < -0.39 is 0 Å². The largest absolute Gasteiger partial charge is 0.332 e. The molecule has 8 nitrogen and oxygen atoms in total. The number of likely N-dealkylation sites (tertiary alicyclic amines) is 1. The Labute approximate surface area is 191 Å². The number of fused-ring (bicyclic) bond motifs is 1. The van der Waals surface area contributed by atoms with Crippen molar-refractivity contribution in [2.24, 2.45) is 0 Å². The van der Waals surface area contributed by atoms with Gasteiger partial charge in [0, 0.05) is 36.6 Å². The Morgan fingerprint density at radius 2 is 1.85 bits per heavy atom. The molecule has 1 aromatic carbocycles. The van der Waals surface area contributed by atoms with Crippen LogP contribution in [0.2, 0.25) is 0 Å². The van der Waals surface area contributed by atoms with Crippen LogP contribution in [0.5, 0.6) is 0 Å². The van der Waals surface area contributed by atoms with Crippen molar-refractivity contribution in [3.8, 4) is 0 Å². The van der Waals surface area contributed by atoms with Gasteiger partial charge < -0.3 is 14.8 Å². The summed E-state index contributed by atoms with van der Waals surface area (Å²) in [5, 5.41) is 0. The summed E-state index contributed by atoms with van der Waals surface area (Å²) < 4.78 is 0.